The lowest BCUT2D eigenvalue weighted by Crippen LogP contribution is -2.38. The van der Waals surface area contributed by atoms with Crippen LogP contribution in [0.3, 0.4) is 0 Å². The van der Waals surface area contributed by atoms with Crippen molar-refractivity contribution in [3.63, 3.8) is 0 Å². The minimum absolute atomic E-state index is 0.164. The highest BCUT2D eigenvalue weighted by Crippen LogP contribution is 2.36. The Labute approximate surface area is 251 Å². The summed E-state index contributed by atoms with van der Waals surface area (Å²) in [6, 6.07) is 24.7. The molecule has 1 fully saturated rings. The molecule has 3 aromatic carbocycles. The number of nitrogens with two attached hydrogens (primary N) is 1. The van der Waals surface area contributed by atoms with Crippen LogP contribution in [0.25, 0.3) is 32.9 Å². The van der Waals surface area contributed by atoms with Crippen LogP contribution in [0.2, 0.25) is 0 Å². The lowest BCUT2D eigenvalue weighted by Gasteiger charge is -2.31. The maximum absolute atomic E-state index is 12.9. The van der Waals surface area contributed by atoms with Gasteiger partial charge in [-0.25, -0.2) is 12.7 Å². The third kappa shape index (κ3) is 5.90. The van der Waals surface area contributed by atoms with Crippen LogP contribution >= 0.6 is 12.2 Å². The maximum atomic E-state index is 12.9. The van der Waals surface area contributed by atoms with E-state index in [0.29, 0.717) is 37.3 Å². The van der Waals surface area contributed by atoms with Gasteiger partial charge in [0.2, 0.25) is 10.0 Å². The Morgan fingerprint density at radius 1 is 1.02 bits per heavy atom. The third-order valence-electron chi connectivity index (χ3n) is 8.31. The fourth-order valence-corrected chi connectivity index (χ4v) is 7.09. The van der Waals surface area contributed by atoms with Gasteiger partial charge in [-0.2, -0.15) is 0 Å². The van der Waals surface area contributed by atoms with Gasteiger partial charge >= 0.3 is 0 Å². The molecular weight excluding hydrogens is 565 g/mol. The summed E-state index contributed by atoms with van der Waals surface area (Å²) < 4.78 is 28.1. The van der Waals surface area contributed by atoms with Crippen molar-refractivity contribution in [2.45, 2.75) is 38.1 Å². The molecule has 216 valence electrons. The maximum Gasteiger partial charge on any atom is 0.211 e. The van der Waals surface area contributed by atoms with Crippen LogP contribution in [0.4, 0.5) is 0 Å². The molecule has 42 heavy (non-hydrogen) atoms. The topological polar surface area (TPSA) is 101 Å². The summed E-state index contributed by atoms with van der Waals surface area (Å²) in [7, 11) is -3.21. The number of para-hydroxylation sites is 1. The summed E-state index contributed by atoms with van der Waals surface area (Å²) in [5.74, 6) is 0.195. The number of hydrogen-bond donors (Lipinski definition) is 2. The van der Waals surface area contributed by atoms with Crippen molar-refractivity contribution < 1.29 is 13.2 Å². The number of carbonyl (C=O) groups is 1. The van der Waals surface area contributed by atoms with Crippen LogP contribution in [0.15, 0.2) is 79.0 Å². The highest BCUT2D eigenvalue weighted by molar-refractivity contribution is 7.88. The predicted octanol–water partition coefficient (Wildman–Crippen LogP) is 5.76. The Morgan fingerprint density at radius 2 is 1.81 bits per heavy atom. The smallest absolute Gasteiger partial charge is 0.211 e. The Bertz CT molecular complexity index is 1880. The Kier molecular flexibility index (Phi) is 7.74. The number of ketones is 1. The molecule has 0 bridgehead atoms. The number of Topliss-reactive ketones (excluding diaryl/α,β-unsaturated/α-hetero) is 1. The van der Waals surface area contributed by atoms with Crippen LogP contribution in [0.5, 0.6) is 0 Å². The number of benzene rings is 3. The van der Waals surface area contributed by atoms with Crippen molar-refractivity contribution in [2.24, 2.45) is 5.73 Å². The number of piperidine rings is 1. The number of thiocarbonyl (C=S) groups is 1. The van der Waals surface area contributed by atoms with Crippen molar-refractivity contribution in [3.8, 4) is 11.1 Å². The number of fused-ring (bicyclic) bond motifs is 2. The van der Waals surface area contributed by atoms with Gasteiger partial charge in [0, 0.05) is 71.4 Å². The van der Waals surface area contributed by atoms with Gasteiger partial charge in [0.1, 0.15) is 10.8 Å². The van der Waals surface area contributed by atoms with Gasteiger partial charge in [-0.05, 0) is 60.0 Å². The molecule has 0 unspecified atom stereocenters. The van der Waals surface area contributed by atoms with Crippen LogP contribution in [-0.2, 0) is 27.7 Å². The van der Waals surface area contributed by atoms with E-state index in [1.165, 1.54) is 6.26 Å². The second kappa shape index (κ2) is 11.5. The summed E-state index contributed by atoms with van der Waals surface area (Å²) >= 11 is 5.23. The largest absolute Gasteiger partial charge is 0.389 e. The lowest BCUT2D eigenvalue weighted by molar-refractivity contribution is -0.118. The zero-order chi connectivity index (χ0) is 29.4. The Morgan fingerprint density at radius 3 is 2.55 bits per heavy atom. The molecule has 0 aliphatic carbocycles. The highest BCUT2D eigenvalue weighted by atomic mass is 32.2. The number of hydrogen-bond acceptors (Lipinski definition) is 4. The summed E-state index contributed by atoms with van der Waals surface area (Å²) in [4.78, 5) is 16.6. The van der Waals surface area contributed by atoms with Crippen LogP contribution in [-0.4, -0.2) is 52.4 Å². The Hall–Kier alpha value is -3.79. The fourth-order valence-electron chi connectivity index (χ4n) is 6.09. The number of H-pyrrole nitrogens is 1. The first-order valence-electron chi connectivity index (χ1n) is 14.2. The third-order valence-corrected chi connectivity index (χ3v) is 9.85. The Balaban J connectivity index is 1.28. The molecule has 0 radical (unpaired) electrons. The summed E-state index contributed by atoms with van der Waals surface area (Å²) in [5, 5.41) is 2.22. The second-order valence-corrected chi connectivity index (χ2v) is 13.7. The van der Waals surface area contributed by atoms with Gasteiger partial charge in [-0.3, -0.25) is 4.79 Å². The van der Waals surface area contributed by atoms with E-state index in [2.05, 4.69) is 46.1 Å². The average Bonchev–Trinajstić information content (AvgIpc) is 3.56. The molecule has 3 heterocycles. The first-order chi connectivity index (χ1) is 20.2. The quantitative estimate of drug-likeness (QED) is 0.210. The minimum Gasteiger partial charge on any atom is -0.389 e. The van der Waals surface area contributed by atoms with Crippen molar-refractivity contribution in [2.75, 3.05) is 19.3 Å². The van der Waals surface area contributed by atoms with E-state index in [0.717, 1.165) is 62.6 Å². The highest BCUT2D eigenvalue weighted by Gasteiger charge is 2.27. The number of sulfonamides is 1. The predicted molar refractivity (Wildman–Crippen MR) is 173 cm³/mol. The first kappa shape index (κ1) is 28.3. The van der Waals surface area contributed by atoms with Crippen molar-refractivity contribution in [1.29, 1.82) is 0 Å². The molecular formula is C33H34N4O3S2. The molecule has 2 aromatic heterocycles. The molecule has 1 aliphatic heterocycles. The van der Waals surface area contributed by atoms with Crippen LogP contribution in [0.1, 0.15) is 42.1 Å². The van der Waals surface area contributed by atoms with Crippen molar-refractivity contribution in [3.05, 3.63) is 95.8 Å². The molecule has 5 aromatic rings. The molecule has 3 N–H and O–H groups in total. The zero-order valence-corrected chi connectivity index (χ0v) is 25.2. The van der Waals surface area contributed by atoms with Gasteiger partial charge in [0.25, 0.3) is 0 Å². The van der Waals surface area contributed by atoms with E-state index < -0.39 is 10.0 Å². The summed E-state index contributed by atoms with van der Waals surface area (Å²) in [6.45, 7) is 0.995. The summed E-state index contributed by atoms with van der Waals surface area (Å²) in [6.07, 6.45) is 6.41. The molecule has 0 spiro atoms. The molecule has 9 heteroatoms. The van der Waals surface area contributed by atoms with E-state index in [9.17, 15) is 13.2 Å². The normalized spacial score (nSPS) is 15.0. The molecule has 0 atom stereocenters. The molecule has 0 amide bonds. The monoisotopic (exact) mass is 598 g/mol. The first-order valence-corrected chi connectivity index (χ1v) is 16.5. The number of carbonyl (C=O) groups excluding carboxylic acids is 1. The van der Waals surface area contributed by atoms with Crippen molar-refractivity contribution >= 4 is 54.8 Å². The van der Waals surface area contributed by atoms with Crippen LogP contribution in [0, 0.1) is 0 Å². The molecule has 7 nitrogen and oxygen atoms in total. The van der Waals surface area contributed by atoms with Crippen LogP contribution < -0.4 is 5.73 Å². The zero-order valence-electron chi connectivity index (χ0n) is 23.5. The number of nitrogens with zero attached hydrogens (tertiary/aromatic N) is 2. The second-order valence-electron chi connectivity index (χ2n) is 11.2. The van der Waals surface area contributed by atoms with E-state index in [1.807, 2.05) is 42.5 Å². The molecule has 1 saturated heterocycles. The van der Waals surface area contributed by atoms with Gasteiger partial charge < -0.3 is 15.3 Å². The lowest BCUT2D eigenvalue weighted by atomic mass is 10.00. The standard InChI is InChI=1S/C33H34N4O3S2/c1-42(39,40)36-15-13-27(14-16-36)37-21-30(23-6-4-7-25(18-23)33(34)41)29-12-10-22(17-32(29)37)9-11-28(38)20-26-19-24-5-2-3-8-31(24)35-26/h2-8,10,12,17-19,21,27,35H,9,11,13-16,20H2,1H3,(H2,34,41). The minimum atomic E-state index is -3.21. The number of aryl methyl sites for hydroxylation is 1. The SMILES string of the molecule is CS(=O)(=O)N1CCC(n2cc(-c3cccc(C(N)=S)c3)c3ccc(CCC(=O)Cc4cc5ccccc5[nH]4)cc32)CC1. The fraction of sp³-hybridized carbons (Fsp3) is 0.273. The number of aromatic nitrogens is 2. The van der Waals surface area contributed by atoms with Gasteiger partial charge in [-0.15, -0.1) is 0 Å². The van der Waals surface area contributed by atoms with Gasteiger partial charge in [-0.1, -0.05) is 60.7 Å². The molecule has 1 aliphatic rings. The number of nitrogens with one attached hydrogen (secondary N) is 1. The van der Waals surface area contributed by atoms with E-state index in [-0.39, 0.29) is 11.8 Å². The average molecular weight is 599 g/mol. The summed E-state index contributed by atoms with van der Waals surface area (Å²) in [5.41, 5.74) is 13.0. The van der Waals surface area contributed by atoms with E-state index >= 15 is 0 Å². The van der Waals surface area contributed by atoms with E-state index in [1.54, 1.807) is 4.31 Å². The molecule has 6 rings (SSSR count). The number of aromatic amines is 1. The molecule has 0 saturated carbocycles. The number of rotatable bonds is 9. The van der Waals surface area contributed by atoms with Gasteiger partial charge in [0.15, 0.2) is 0 Å². The van der Waals surface area contributed by atoms with Crippen molar-refractivity contribution in [1.82, 2.24) is 13.9 Å². The van der Waals surface area contributed by atoms with Gasteiger partial charge in [0.05, 0.1) is 6.26 Å². The van der Waals surface area contributed by atoms with E-state index in [4.69, 9.17) is 18.0 Å².